The van der Waals surface area contributed by atoms with Gasteiger partial charge in [-0.1, -0.05) is 28.1 Å². The van der Waals surface area contributed by atoms with Gasteiger partial charge in [0.2, 0.25) is 0 Å². The number of anilines is 1. The van der Waals surface area contributed by atoms with Crippen LogP contribution in [0.3, 0.4) is 0 Å². The number of carbonyl (C=O) groups is 1. The highest BCUT2D eigenvalue weighted by Gasteiger charge is 2.35. The maximum Gasteiger partial charge on any atom is 0.266 e. The highest BCUT2D eigenvalue weighted by atomic mass is 79.9. The number of halogens is 1. The molecule has 1 aliphatic heterocycles. The number of hydrogen-bond acceptors (Lipinski definition) is 6. The molecule has 2 aromatic carbocycles. The van der Waals surface area contributed by atoms with Crippen molar-refractivity contribution in [3.05, 3.63) is 81.5 Å². The molecule has 0 aliphatic carbocycles. The SMILES string of the molecule is COc1ccc(N2C(S)=C(C#N)C(=O)N[C@@H]2c2ccc(-c3ccc(Br)cc3)o2)cc1. The van der Waals surface area contributed by atoms with Crippen LogP contribution in [0.1, 0.15) is 11.9 Å². The van der Waals surface area contributed by atoms with Crippen molar-refractivity contribution in [2.75, 3.05) is 12.0 Å². The second kappa shape index (κ2) is 8.30. The molecule has 4 rings (SSSR count). The fourth-order valence-electron chi connectivity index (χ4n) is 3.19. The number of nitrogens with zero attached hydrogens (tertiary/aromatic N) is 2. The van der Waals surface area contributed by atoms with Gasteiger partial charge in [0.1, 0.15) is 28.9 Å². The zero-order valence-electron chi connectivity index (χ0n) is 15.8. The Hall–Kier alpha value is -3.15. The van der Waals surface area contributed by atoms with Crippen LogP contribution in [-0.2, 0) is 4.79 Å². The summed E-state index contributed by atoms with van der Waals surface area (Å²) >= 11 is 7.91. The Labute approximate surface area is 187 Å². The van der Waals surface area contributed by atoms with Crippen molar-refractivity contribution in [2.45, 2.75) is 6.17 Å². The lowest BCUT2D eigenvalue weighted by Crippen LogP contribution is -2.45. The average Bonchev–Trinajstić information content (AvgIpc) is 3.24. The van der Waals surface area contributed by atoms with Crippen molar-refractivity contribution in [2.24, 2.45) is 0 Å². The van der Waals surface area contributed by atoms with Crippen LogP contribution in [0, 0.1) is 11.3 Å². The summed E-state index contributed by atoms with van der Waals surface area (Å²) in [7, 11) is 1.59. The lowest BCUT2D eigenvalue weighted by atomic mass is 10.1. The first kappa shape index (κ1) is 20.1. The second-order valence-corrected chi connectivity index (χ2v) is 7.80. The number of hydrogen-bond donors (Lipinski definition) is 2. The largest absolute Gasteiger partial charge is 0.497 e. The van der Waals surface area contributed by atoms with Gasteiger partial charge in [-0.3, -0.25) is 4.79 Å². The molecule has 3 aromatic rings. The minimum absolute atomic E-state index is 0.0647. The third-order valence-electron chi connectivity index (χ3n) is 4.69. The van der Waals surface area contributed by atoms with Gasteiger partial charge in [-0.2, -0.15) is 5.26 Å². The molecule has 0 fully saturated rings. The van der Waals surface area contributed by atoms with Crippen molar-refractivity contribution < 1.29 is 13.9 Å². The zero-order valence-corrected chi connectivity index (χ0v) is 18.3. The first-order chi connectivity index (χ1) is 14.5. The topological polar surface area (TPSA) is 78.5 Å². The van der Waals surface area contributed by atoms with Crippen molar-refractivity contribution in [3.63, 3.8) is 0 Å². The number of methoxy groups -OCH3 is 1. The number of nitriles is 1. The number of ether oxygens (including phenoxy) is 1. The molecule has 30 heavy (non-hydrogen) atoms. The van der Waals surface area contributed by atoms with E-state index in [1.807, 2.05) is 48.5 Å². The second-order valence-electron chi connectivity index (χ2n) is 6.46. The molecule has 0 radical (unpaired) electrons. The molecular weight excluding hydrogens is 466 g/mol. The Morgan fingerprint density at radius 1 is 1.13 bits per heavy atom. The van der Waals surface area contributed by atoms with Gasteiger partial charge in [0.05, 0.1) is 12.1 Å². The van der Waals surface area contributed by atoms with Gasteiger partial charge in [-0.05, 0) is 48.5 Å². The molecular formula is C22H16BrN3O3S. The van der Waals surface area contributed by atoms with Crippen molar-refractivity contribution in [1.82, 2.24) is 5.32 Å². The third kappa shape index (κ3) is 3.70. The molecule has 8 heteroatoms. The van der Waals surface area contributed by atoms with Crippen LogP contribution in [0.5, 0.6) is 5.75 Å². The van der Waals surface area contributed by atoms with Crippen LogP contribution in [-0.4, -0.2) is 13.0 Å². The Morgan fingerprint density at radius 2 is 1.83 bits per heavy atom. The van der Waals surface area contributed by atoms with E-state index in [1.165, 1.54) is 0 Å². The van der Waals surface area contributed by atoms with E-state index in [4.69, 9.17) is 9.15 Å². The fraction of sp³-hybridized carbons (Fsp3) is 0.0909. The van der Waals surface area contributed by atoms with Crippen LogP contribution in [0.4, 0.5) is 5.69 Å². The summed E-state index contributed by atoms with van der Waals surface area (Å²) in [5.74, 6) is 1.37. The van der Waals surface area contributed by atoms with Crippen molar-refractivity contribution >= 4 is 40.2 Å². The Kier molecular flexibility index (Phi) is 5.57. The van der Waals surface area contributed by atoms with E-state index in [-0.39, 0.29) is 10.6 Å². The van der Waals surface area contributed by atoms with E-state index in [0.29, 0.717) is 17.3 Å². The van der Waals surface area contributed by atoms with E-state index in [1.54, 1.807) is 30.2 Å². The molecule has 150 valence electrons. The van der Waals surface area contributed by atoms with E-state index in [0.717, 1.165) is 15.7 Å². The van der Waals surface area contributed by atoms with Crippen LogP contribution in [0.2, 0.25) is 0 Å². The lowest BCUT2D eigenvalue weighted by molar-refractivity contribution is -0.118. The molecule has 1 amide bonds. The Morgan fingerprint density at radius 3 is 2.47 bits per heavy atom. The first-order valence-corrected chi connectivity index (χ1v) is 10.2. The molecule has 1 N–H and O–H groups in total. The number of amides is 1. The van der Waals surface area contributed by atoms with Gasteiger partial charge in [0, 0.05) is 15.7 Å². The standard InChI is InChI=1S/C22H16BrN3O3S/c1-28-16-8-6-15(7-9-16)26-20(25-21(27)17(12-24)22(26)30)19-11-10-18(29-19)13-2-4-14(23)5-3-13/h2-11,20,30H,1H3,(H,25,27)/t20-/m0/s1. The summed E-state index contributed by atoms with van der Waals surface area (Å²) in [6.45, 7) is 0. The minimum Gasteiger partial charge on any atom is -0.497 e. The smallest absolute Gasteiger partial charge is 0.266 e. The van der Waals surface area contributed by atoms with Gasteiger partial charge < -0.3 is 19.4 Å². The normalized spacial score (nSPS) is 16.3. The summed E-state index contributed by atoms with van der Waals surface area (Å²) in [4.78, 5) is 14.2. The molecule has 0 bridgehead atoms. The molecule has 0 spiro atoms. The highest BCUT2D eigenvalue weighted by Crippen LogP contribution is 2.38. The molecule has 0 saturated heterocycles. The van der Waals surface area contributed by atoms with Gasteiger partial charge >= 0.3 is 0 Å². The van der Waals surface area contributed by atoms with Crippen molar-refractivity contribution in [1.29, 1.82) is 5.26 Å². The average molecular weight is 482 g/mol. The minimum atomic E-state index is -0.667. The molecule has 0 unspecified atom stereocenters. The summed E-state index contributed by atoms with van der Waals surface area (Å²) in [5, 5.41) is 12.5. The molecule has 6 nitrogen and oxygen atoms in total. The Balaban J connectivity index is 1.77. The fourth-order valence-corrected chi connectivity index (χ4v) is 3.83. The number of rotatable bonds is 4. The van der Waals surface area contributed by atoms with Gasteiger partial charge in [-0.25, -0.2) is 0 Å². The summed E-state index contributed by atoms with van der Waals surface area (Å²) in [5.41, 5.74) is 1.56. The summed E-state index contributed by atoms with van der Waals surface area (Å²) in [6, 6.07) is 20.5. The van der Waals surface area contributed by atoms with E-state index in [9.17, 15) is 10.1 Å². The number of nitrogens with one attached hydrogen (secondary N) is 1. The molecule has 1 atom stereocenters. The van der Waals surface area contributed by atoms with Crippen LogP contribution >= 0.6 is 28.6 Å². The predicted octanol–water partition coefficient (Wildman–Crippen LogP) is 5.02. The first-order valence-electron chi connectivity index (χ1n) is 8.95. The van der Waals surface area contributed by atoms with Gasteiger partial charge in [0.25, 0.3) is 5.91 Å². The highest BCUT2D eigenvalue weighted by molar-refractivity contribution is 9.10. The number of thiol groups is 1. The molecule has 1 aliphatic rings. The molecule has 1 aromatic heterocycles. The quantitative estimate of drug-likeness (QED) is 0.511. The van der Waals surface area contributed by atoms with Gasteiger partial charge in [-0.15, -0.1) is 12.6 Å². The van der Waals surface area contributed by atoms with Crippen LogP contribution in [0.25, 0.3) is 11.3 Å². The third-order valence-corrected chi connectivity index (χ3v) is 5.66. The monoisotopic (exact) mass is 481 g/mol. The lowest BCUT2D eigenvalue weighted by Gasteiger charge is -2.36. The zero-order chi connectivity index (χ0) is 21.3. The van der Waals surface area contributed by atoms with Crippen molar-refractivity contribution in [3.8, 4) is 23.1 Å². The predicted molar refractivity (Wildman–Crippen MR) is 120 cm³/mol. The van der Waals surface area contributed by atoms with E-state index in [2.05, 4.69) is 33.9 Å². The molecule has 2 heterocycles. The van der Waals surface area contributed by atoms with Gasteiger partial charge in [0.15, 0.2) is 6.17 Å². The molecule has 0 saturated carbocycles. The van der Waals surface area contributed by atoms with Crippen LogP contribution in [0.15, 0.2) is 80.2 Å². The summed E-state index contributed by atoms with van der Waals surface area (Å²) < 4.78 is 12.3. The van der Waals surface area contributed by atoms with Crippen LogP contribution < -0.4 is 15.0 Å². The maximum absolute atomic E-state index is 12.5. The Bertz CT molecular complexity index is 1160. The number of carbonyl (C=O) groups excluding carboxylic acids is 1. The summed E-state index contributed by atoms with van der Waals surface area (Å²) in [6.07, 6.45) is -0.667. The number of benzene rings is 2. The maximum atomic E-state index is 12.5. The van der Waals surface area contributed by atoms with E-state index < -0.39 is 12.1 Å². The van der Waals surface area contributed by atoms with E-state index >= 15 is 0 Å². The number of furan rings is 1.